The highest BCUT2D eigenvalue weighted by atomic mass is 32.2. The summed E-state index contributed by atoms with van der Waals surface area (Å²) in [6.45, 7) is 0.848. The first kappa shape index (κ1) is 21.8. The van der Waals surface area contributed by atoms with Crippen molar-refractivity contribution in [2.45, 2.75) is 18.0 Å². The minimum Gasteiger partial charge on any atom is -0.491 e. The molecule has 0 saturated carbocycles. The lowest BCUT2D eigenvalue weighted by atomic mass is 10.2. The van der Waals surface area contributed by atoms with E-state index in [4.69, 9.17) is 14.2 Å². The van der Waals surface area contributed by atoms with E-state index in [9.17, 15) is 21.6 Å². The lowest BCUT2D eigenvalue weighted by Gasteiger charge is -2.15. The predicted molar refractivity (Wildman–Crippen MR) is 97.4 cm³/mol. The maximum atomic E-state index is 12.6. The number of hydrogen-bond donors (Lipinski definition) is 1. The molecule has 6 nitrogen and oxygen atoms in total. The molecule has 28 heavy (non-hydrogen) atoms. The molecule has 0 aliphatic rings. The van der Waals surface area contributed by atoms with Gasteiger partial charge in [0, 0.05) is 7.11 Å². The summed E-state index contributed by atoms with van der Waals surface area (Å²) in [5, 5.41) is 0. The van der Waals surface area contributed by atoms with E-state index in [0.717, 1.165) is 0 Å². The van der Waals surface area contributed by atoms with E-state index in [1.54, 1.807) is 6.92 Å². The smallest absolute Gasteiger partial charge is 0.422 e. The third kappa shape index (κ3) is 6.31. The van der Waals surface area contributed by atoms with Gasteiger partial charge in [0.25, 0.3) is 10.0 Å². The van der Waals surface area contributed by atoms with E-state index < -0.39 is 22.8 Å². The number of ether oxygens (including phenoxy) is 3. The normalized spacial score (nSPS) is 11.9. The number of aryl methyl sites for hydroxylation is 1. The van der Waals surface area contributed by atoms with Crippen LogP contribution in [-0.2, 0) is 14.8 Å². The SMILES string of the molecule is COCCOc1ccc(S(=O)(=O)Nc2ccccc2OCC(F)(F)F)cc1C. The van der Waals surface area contributed by atoms with E-state index in [1.807, 2.05) is 0 Å². The minimum atomic E-state index is -4.54. The Morgan fingerprint density at radius 3 is 2.36 bits per heavy atom. The number of anilines is 1. The number of methoxy groups -OCH3 is 1. The second-order valence-corrected chi connectivity index (χ2v) is 7.46. The monoisotopic (exact) mass is 419 g/mol. The molecule has 1 N–H and O–H groups in total. The molecule has 0 atom stereocenters. The fourth-order valence-electron chi connectivity index (χ4n) is 2.23. The summed E-state index contributed by atoms with van der Waals surface area (Å²) in [6, 6.07) is 9.75. The Kier molecular flexibility index (Phi) is 7.14. The maximum Gasteiger partial charge on any atom is 0.422 e. The first-order chi connectivity index (χ1) is 13.1. The Bertz CT molecular complexity index is 900. The summed E-state index contributed by atoms with van der Waals surface area (Å²) in [4.78, 5) is -0.0604. The molecule has 0 aliphatic heterocycles. The van der Waals surface area contributed by atoms with Gasteiger partial charge in [0.15, 0.2) is 6.61 Å². The van der Waals surface area contributed by atoms with Crippen LogP contribution in [0.4, 0.5) is 18.9 Å². The van der Waals surface area contributed by atoms with Gasteiger partial charge in [-0.1, -0.05) is 12.1 Å². The first-order valence-electron chi connectivity index (χ1n) is 8.16. The molecule has 2 rings (SSSR count). The van der Waals surface area contributed by atoms with Crippen molar-refractivity contribution >= 4 is 15.7 Å². The van der Waals surface area contributed by atoms with Crippen molar-refractivity contribution in [1.82, 2.24) is 0 Å². The zero-order valence-electron chi connectivity index (χ0n) is 15.2. The van der Waals surface area contributed by atoms with Crippen molar-refractivity contribution in [1.29, 1.82) is 0 Å². The summed E-state index contributed by atoms with van der Waals surface area (Å²) in [5.74, 6) is 0.282. The average molecular weight is 419 g/mol. The van der Waals surface area contributed by atoms with Gasteiger partial charge in [0.2, 0.25) is 0 Å². The van der Waals surface area contributed by atoms with E-state index in [2.05, 4.69) is 4.72 Å². The van der Waals surface area contributed by atoms with E-state index in [1.165, 1.54) is 49.6 Å². The highest BCUT2D eigenvalue weighted by Crippen LogP contribution is 2.29. The van der Waals surface area contributed by atoms with Gasteiger partial charge in [-0.25, -0.2) is 8.42 Å². The lowest BCUT2D eigenvalue weighted by molar-refractivity contribution is -0.153. The van der Waals surface area contributed by atoms with Crippen molar-refractivity contribution in [2.75, 3.05) is 31.7 Å². The fraction of sp³-hybridized carbons (Fsp3) is 0.333. The molecule has 0 bridgehead atoms. The molecular formula is C18H20F3NO5S. The van der Waals surface area contributed by atoms with Crippen molar-refractivity contribution in [3.8, 4) is 11.5 Å². The molecule has 0 saturated heterocycles. The van der Waals surface area contributed by atoms with Crippen molar-refractivity contribution < 1.29 is 35.8 Å². The molecule has 154 valence electrons. The number of para-hydroxylation sites is 2. The van der Waals surface area contributed by atoms with Gasteiger partial charge in [-0.3, -0.25) is 4.72 Å². The average Bonchev–Trinajstić information content (AvgIpc) is 2.61. The van der Waals surface area contributed by atoms with Crippen LogP contribution < -0.4 is 14.2 Å². The fourth-order valence-corrected chi connectivity index (χ4v) is 3.38. The Morgan fingerprint density at radius 2 is 1.71 bits per heavy atom. The molecule has 0 fully saturated rings. The van der Waals surface area contributed by atoms with E-state index in [-0.39, 0.29) is 16.3 Å². The maximum absolute atomic E-state index is 12.6. The molecule has 2 aromatic carbocycles. The van der Waals surface area contributed by atoms with Gasteiger partial charge >= 0.3 is 6.18 Å². The van der Waals surface area contributed by atoms with Gasteiger partial charge in [0.1, 0.15) is 18.1 Å². The van der Waals surface area contributed by atoms with Crippen LogP contribution in [0.25, 0.3) is 0 Å². The number of rotatable bonds is 9. The van der Waals surface area contributed by atoms with Crippen LogP contribution in [-0.4, -0.2) is 41.5 Å². The molecule has 0 spiro atoms. The van der Waals surface area contributed by atoms with Gasteiger partial charge in [0.05, 0.1) is 17.2 Å². The predicted octanol–water partition coefficient (Wildman–Crippen LogP) is 3.76. The molecule has 0 aromatic heterocycles. The molecule has 0 heterocycles. The molecular weight excluding hydrogens is 399 g/mol. The van der Waals surface area contributed by atoms with Crippen LogP contribution in [0.2, 0.25) is 0 Å². The molecule has 0 aliphatic carbocycles. The zero-order chi connectivity index (χ0) is 20.8. The topological polar surface area (TPSA) is 73.9 Å². The summed E-state index contributed by atoms with van der Waals surface area (Å²) in [6.07, 6.45) is -4.54. The van der Waals surface area contributed by atoms with Crippen LogP contribution >= 0.6 is 0 Å². The number of benzene rings is 2. The zero-order valence-corrected chi connectivity index (χ0v) is 16.1. The van der Waals surface area contributed by atoms with Crippen LogP contribution in [0.3, 0.4) is 0 Å². The lowest BCUT2D eigenvalue weighted by Crippen LogP contribution is -2.20. The number of sulfonamides is 1. The third-order valence-corrected chi connectivity index (χ3v) is 4.89. The molecule has 0 unspecified atom stereocenters. The second kappa shape index (κ2) is 9.16. The number of halogens is 3. The second-order valence-electron chi connectivity index (χ2n) is 5.77. The van der Waals surface area contributed by atoms with Gasteiger partial charge in [-0.2, -0.15) is 13.2 Å². The standard InChI is InChI=1S/C18H20F3NO5S/c1-13-11-14(7-8-16(13)26-10-9-25-2)28(23,24)22-15-5-3-4-6-17(15)27-12-18(19,20)21/h3-8,11,22H,9-10,12H2,1-2H3. The Balaban J connectivity index is 2.19. The van der Waals surface area contributed by atoms with Crippen molar-refractivity contribution in [2.24, 2.45) is 0 Å². The molecule has 10 heteroatoms. The first-order valence-corrected chi connectivity index (χ1v) is 9.64. The summed E-state index contributed by atoms with van der Waals surface area (Å²) >= 11 is 0. The van der Waals surface area contributed by atoms with Gasteiger partial charge in [-0.05, 0) is 42.8 Å². The van der Waals surface area contributed by atoms with E-state index in [0.29, 0.717) is 24.5 Å². The van der Waals surface area contributed by atoms with E-state index >= 15 is 0 Å². The summed E-state index contributed by atoms with van der Waals surface area (Å²) in [5.41, 5.74) is 0.491. The van der Waals surface area contributed by atoms with Crippen molar-refractivity contribution in [3.63, 3.8) is 0 Å². The van der Waals surface area contributed by atoms with Gasteiger partial charge in [-0.15, -0.1) is 0 Å². The number of nitrogens with one attached hydrogen (secondary N) is 1. The quantitative estimate of drug-likeness (QED) is 0.627. The number of alkyl halides is 3. The van der Waals surface area contributed by atoms with Crippen LogP contribution in [0.5, 0.6) is 11.5 Å². The summed E-state index contributed by atoms with van der Waals surface area (Å²) < 4.78 is 79.7. The Labute approximate surface area is 161 Å². The Hall–Kier alpha value is -2.46. The molecule has 2 aromatic rings. The largest absolute Gasteiger partial charge is 0.491 e. The number of hydrogen-bond acceptors (Lipinski definition) is 5. The highest BCUT2D eigenvalue weighted by Gasteiger charge is 2.29. The van der Waals surface area contributed by atoms with Crippen LogP contribution in [0.15, 0.2) is 47.4 Å². The Morgan fingerprint density at radius 1 is 1.00 bits per heavy atom. The minimum absolute atomic E-state index is 0.0604. The van der Waals surface area contributed by atoms with Gasteiger partial charge < -0.3 is 14.2 Å². The third-order valence-electron chi connectivity index (χ3n) is 3.52. The van der Waals surface area contributed by atoms with Crippen LogP contribution in [0, 0.1) is 6.92 Å². The molecule has 0 amide bonds. The van der Waals surface area contributed by atoms with Crippen molar-refractivity contribution in [3.05, 3.63) is 48.0 Å². The summed E-state index contributed by atoms with van der Waals surface area (Å²) in [7, 11) is -2.51. The van der Waals surface area contributed by atoms with Crippen LogP contribution in [0.1, 0.15) is 5.56 Å². The molecule has 0 radical (unpaired) electrons. The highest BCUT2D eigenvalue weighted by molar-refractivity contribution is 7.92.